The van der Waals surface area contributed by atoms with Gasteiger partial charge in [-0.15, -0.1) is 18.2 Å². The highest BCUT2D eigenvalue weighted by Crippen LogP contribution is 2.11. The first-order chi connectivity index (χ1) is 10.9. The summed E-state index contributed by atoms with van der Waals surface area (Å²) in [4.78, 5) is 36.8. The zero-order valence-corrected chi connectivity index (χ0v) is 14.0. The summed E-state index contributed by atoms with van der Waals surface area (Å²) < 4.78 is 5.21. The molecule has 5 nitrogen and oxygen atoms in total. The molecule has 0 aliphatic rings. The van der Waals surface area contributed by atoms with Crippen LogP contribution >= 0.6 is 11.6 Å². The summed E-state index contributed by atoms with van der Waals surface area (Å²) in [6.07, 6.45) is 1.46. The highest BCUT2D eigenvalue weighted by molar-refractivity contribution is 6.41. The number of alkyl halides is 1. The van der Waals surface area contributed by atoms with Gasteiger partial charge in [-0.2, -0.15) is 0 Å². The minimum Gasteiger partial charge on any atom is -0.459 e. The maximum Gasteiger partial charge on any atom is 0.328 e. The molecular weight excluding hydrogens is 318 g/mol. The Kier molecular flexibility index (Phi) is 7.48. The highest BCUT2D eigenvalue weighted by Gasteiger charge is 2.32. The minimum atomic E-state index is -1.32. The van der Waals surface area contributed by atoms with Gasteiger partial charge < -0.3 is 9.64 Å². The second kappa shape index (κ2) is 9.10. The van der Waals surface area contributed by atoms with Gasteiger partial charge in [-0.05, 0) is 19.4 Å². The van der Waals surface area contributed by atoms with Gasteiger partial charge >= 0.3 is 5.97 Å². The lowest BCUT2D eigenvalue weighted by Gasteiger charge is -2.27. The van der Waals surface area contributed by atoms with Gasteiger partial charge in [0, 0.05) is 6.54 Å². The number of carbonyl (C=O) groups is 3. The molecule has 0 bridgehead atoms. The van der Waals surface area contributed by atoms with Crippen LogP contribution in [0.2, 0.25) is 0 Å². The van der Waals surface area contributed by atoms with Crippen molar-refractivity contribution in [2.24, 2.45) is 0 Å². The number of benzene rings is 1. The first-order valence-corrected chi connectivity index (χ1v) is 7.58. The predicted molar refractivity (Wildman–Crippen MR) is 87.9 cm³/mol. The number of carbonyl (C=O) groups excluding carboxylic acids is 3. The molecule has 0 aromatic heterocycles. The Morgan fingerprint density at radius 1 is 1.30 bits per heavy atom. The summed E-state index contributed by atoms with van der Waals surface area (Å²) in [6.45, 7) is 6.50. The highest BCUT2D eigenvalue weighted by atomic mass is 35.5. The van der Waals surface area contributed by atoms with Gasteiger partial charge in [0.1, 0.15) is 12.6 Å². The minimum absolute atomic E-state index is 0.0942. The molecule has 124 valence electrons. The van der Waals surface area contributed by atoms with E-state index in [0.717, 1.165) is 5.56 Å². The van der Waals surface area contributed by atoms with Crippen molar-refractivity contribution in [2.75, 3.05) is 6.54 Å². The van der Waals surface area contributed by atoms with E-state index in [4.69, 9.17) is 16.3 Å². The third-order valence-corrected chi connectivity index (χ3v) is 3.71. The van der Waals surface area contributed by atoms with Gasteiger partial charge in [0.2, 0.25) is 5.91 Å². The molecule has 0 fully saturated rings. The Morgan fingerprint density at radius 2 is 1.91 bits per heavy atom. The average Bonchev–Trinajstić information content (AvgIpc) is 2.56. The number of hydrogen-bond donors (Lipinski definition) is 0. The van der Waals surface area contributed by atoms with E-state index in [-0.39, 0.29) is 13.2 Å². The van der Waals surface area contributed by atoms with Crippen molar-refractivity contribution >= 4 is 29.3 Å². The van der Waals surface area contributed by atoms with Crippen molar-refractivity contribution in [3.63, 3.8) is 0 Å². The van der Waals surface area contributed by atoms with Crippen LogP contribution in [0.5, 0.6) is 0 Å². The van der Waals surface area contributed by atoms with Crippen LogP contribution in [0.3, 0.4) is 0 Å². The van der Waals surface area contributed by atoms with Gasteiger partial charge in [0.05, 0.1) is 0 Å². The standard InChI is InChI=1S/C17H20ClNO4/c1-4-10-19(16(21)15(18)13(3)20)12(2)17(22)23-11-14-8-6-5-7-9-14/h4-9,12,15H,1,10-11H2,2-3H3/t12-,15?/m0/s1. The summed E-state index contributed by atoms with van der Waals surface area (Å²) in [5.41, 5.74) is 0.841. The molecule has 6 heteroatoms. The molecule has 0 aliphatic heterocycles. The molecule has 1 aromatic rings. The fourth-order valence-electron chi connectivity index (χ4n) is 1.87. The Bertz CT molecular complexity index is 573. The van der Waals surface area contributed by atoms with E-state index >= 15 is 0 Å². The number of ether oxygens (including phenoxy) is 1. The molecule has 0 radical (unpaired) electrons. The molecule has 1 unspecified atom stereocenters. The van der Waals surface area contributed by atoms with Gasteiger partial charge in [0.15, 0.2) is 11.2 Å². The molecule has 23 heavy (non-hydrogen) atoms. The number of ketones is 1. The molecule has 0 aliphatic carbocycles. The zero-order chi connectivity index (χ0) is 17.4. The molecule has 0 spiro atoms. The summed E-state index contributed by atoms with van der Waals surface area (Å²) >= 11 is 5.79. The molecular formula is C17H20ClNO4. The monoisotopic (exact) mass is 337 g/mol. The summed E-state index contributed by atoms with van der Waals surface area (Å²) in [6, 6.07) is 8.33. The number of amides is 1. The van der Waals surface area contributed by atoms with Gasteiger partial charge in [0.25, 0.3) is 0 Å². The third-order valence-electron chi connectivity index (χ3n) is 3.22. The maximum absolute atomic E-state index is 12.2. The van der Waals surface area contributed by atoms with Crippen LogP contribution in [0.4, 0.5) is 0 Å². The molecule has 0 saturated heterocycles. The van der Waals surface area contributed by atoms with Crippen LogP contribution in [0.1, 0.15) is 19.4 Å². The molecule has 0 saturated carbocycles. The number of rotatable bonds is 8. The fourth-order valence-corrected chi connectivity index (χ4v) is 2.00. The summed E-state index contributed by atoms with van der Waals surface area (Å²) in [7, 11) is 0. The first-order valence-electron chi connectivity index (χ1n) is 7.15. The second-order valence-corrected chi connectivity index (χ2v) is 5.46. The molecule has 0 N–H and O–H groups in total. The van der Waals surface area contributed by atoms with Crippen LogP contribution < -0.4 is 0 Å². The summed E-state index contributed by atoms with van der Waals surface area (Å²) in [5.74, 6) is -1.68. The Balaban J connectivity index is 2.74. The second-order valence-electron chi connectivity index (χ2n) is 5.02. The quantitative estimate of drug-likeness (QED) is 0.316. The third kappa shape index (κ3) is 5.53. The number of esters is 1. The lowest BCUT2D eigenvalue weighted by Crippen LogP contribution is -2.48. The van der Waals surface area contributed by atoms with Gasteiger partial charge in [-0.3, -0.25) is 9.59 Å². The smallest absolute Gasteiger partial charge is 0.328 e. The average molecular weight is 338 g/mol. The van der Waals surface area contributed by atoms with Crippen molar-refractivity contribution in [3.05, 3.63) is 48.6 Å². The lowest BCUT2D eigenvalue weighted by atomic mass is 10.2. The molecule has 2 atom stereocenters. The topological polar surface area (TPSA) is 63.7 Å². The van der Waals surface area contributed by atoms with E-state index in [9.17, 15) is 14.4 Å². The number of Topliss-reactive ketones (excluding diaryl/α,β-unsaturated/α-hetero) is 1. The van der Waals surface area contributed by atoms with Gasteiger partial charge in [-0.1, -0.05) is 36.4 Å². The van der Waals surface area contributed by atoms with E-state index in [2.05, 4.69) is 6.58 Å². The number of halogens is 1. The molecule has 1 aromatic carbocycles. The van der Waals surface area contributed by atoms with Crippen molar-refractivity contribution in [3.8, 4) is 0 Å². The molecule has 0 heterocycles. The maximum atomic E-state index is 12.2. The van der Waals surface area contributed by atoms with Gasteiger partial charge in [-0.25, -0.2) is 4.79 Å². The molecule has 1 rings (SSSR count). The normalized spacial score (nSPS) is 12.8. The number of nitrogens with zero attached hydrogens (tertiary/aromatic N) is 1. The van der Waals surface area contributed by atoms with Crippen LogP contribution in [-0.4, -0.2) is 40.5 Å². The van der Waals surface area contributed by atoms with Crippen LogP contribution in [-0.2, 0) is 25.7 Å². The largest absolute Gasteiger partial charge is 0.459 e. The van der Waals surface area contributed by atoms with Crippen molar-refractivity contribution in [2.45, 2.75) is 31.9 Å². The van der Waals surface area contributed by atoms with Crippen LogP contribution in [0.25, 0.3) is 0 Å². The van der Waals surface area contributed by atoms with E-state index in [0.29, 0.717) is 0 Å². The van der Waals surface area contributed by atoms with E-state index in [1.54, 1.807) is 0 Å². The Labute approximate surface area is 140 Å². The molecule has 1 amide bonds. The van der Waals surface area contributed by atoms with Crippen LogP contribution in [0, 0.1) is 0 Å². The zero-order valence-electron chi connectivity index (χ0n) is 13.2. The van der Waals surface area contributed by atoms with Crippen molar-refractivity contribution in [1.82, 2.24) is 4.90 Å². The Morgan fingerprint density at radius 3 is 2.43 bits per heavy atom. The van der Waals surface area contributed by atoms with E-state index < -0.39 is 29.1 Å². The summed E-state index contributed by atoms with van der Waals surface area (Å²) in [5, 5.41) is -1.32. The SMILES string of the molecule is C=CCN(C(=O)C(Cl)C(C)=O)[C@@H](C)C(=O)OCc1ccccc1. The lowest BCUT2D eigenvalue weighted by molar-refractivity contribution is -0.155. The number of hydrogen-bond acceptors (Lipinski definition) is 4. The fraction of sp³-hybridized carbons (Fsp3) is 0.353. The van der Waals surface area contributed by atoms with Crippen LogP contribution in [0.15, 0.2) is 43.0 Å². The van der Waals surface area contributed by atoms with E-state index in [1.807, 2.05) is 30.3 Å². The van der Waals surface area contributed by atoms with Crippen molar-refractivity contribution < 1.29 is 19.1 Å². The first kappa shape index (κ1) is 18.9. The predicted octanol–water partition coefficient (Wildman–Crippen LogP) is 2.33. The van der Waals surface area contributed by atoms with E-state index in [1.165, 1.54) is 24.8 Å². The Hall–Kier alpha value is -2.14. The van der Waals surface area contributed by atoms with Crippen molar-refractivity contribution in [1.29, 1.82) is 0 Å².